The Morgan fingerprint density at radius 3 is 2.04 bits per heavy atom. The lowest BCUT2D eigenvalue weighted by molar-refractivity contribution is 0.767. The summed E-state index contributed by atoms with van der Waals surface area (Å²) in [5, 5.41) is 2.64. The topological polar surface area (TPSA) is 4.93 Å². The highest BCUT2D eigenvalue weighted by Gasteiger charge is 2.26. The number of hydrogen-bond donors (Lipinski definition) is 0. The largest absolute Gasteiger partial charge is 0.343 e. The van der Waals surface area contributed by atoms with Gasteiger partial charge in [-0.1, -0.05) is 85.0 Å². The van der Waals surface area contributed by atoms with Crippen LogP contribution in [0, 0.1) is 0 Å². The van der Waals surface area contributed by atoms with Crippen molar-refractivity contribution >= 4 is 34.0 Å². The van der Waals surface area contributed by atoms with E-state index in [1.165, 1.54) is 38.5 Å². The van der Waals surface area contributed by atoms with Crippen molar-refractivity contribution in [2.75, 3.05) is 0 Å². The molecule has 26 heavy (non-hydrogen) atoms. The van der Waals surface area contributed by atoms with Crippen LogP contribution in [0.1, 0.15) is 23.6 Å². The Bertz CT molecular complexity index is 1170. The number of aromatic nitrogens is 1. The molecule has 0 unspecified atom stereocenters. The van der Waals surface area contributed by atoms with E-state index in [2.05, 4.69) is 110 Å². The molecule has 1 aliphatic rings. The summed E-state index contributed by atoms with van der Waals surface area (Å²) in [6, 6.07) is 23.9. The zero-order valence-electron chi connectivity index (χ0n) is 15.1. The summed E-state index contributed by atoms with van der Waals surface area (Å²) in [4.78, 5) is 0. The first kappa shape index (κ1) is 15.2. The fourth-order valence-corrected chi connectivity index (χ4v) is 4.25. The Morgan fingerprint density at radius 2 is 1.31 bits per heavy atom. The van der Waals surface area contributed by atoms with Crippen LogP contribution in [0.4, 0.5) is 0 Å². The first-order valence-electron chi connectivity index (χ1n) is 9.11. The molecule has 4 aromatic rings. The minimum absolute atomic E-state index is 0.152. The van der Waals surface area contributed by atoms with Gasteiger partial charge in [-0.3, -0.25) is 0 Å². The normalized spacial score (nSPS) is 15.3. The lowest BCUT2D eigenvalue weighted by atomic mass is 9.81. The summed E-state index contributed by atoms with van der Waals surface area (Å²) in [5.74, 6) is 0. The second-order valence-electron chi connectivity index (χ2n) is 7.36. The van der Waals surface area contributed by atoms with Crippen molar-refractivity contribution in [2.45, 2.75) is 12.3 Å². The van der Waals surface area contributed by atoms with Crippen LogP contribution in [-0.2, 0) is 12.5 Å². The monoisotopic (exact) mass is 335 g/mol. The highest BCUT2D eigenvalue weighted by molar-refractivity contribution is 6.09. The molecule has 0 fully saturated rings. The van der Waals surface area contributed by atoms with Crippen LogP contribution in [-0.4, -0.2) is 4.57 Å². The first-order chi connectivity index (χ1) is 12.7. The second kappa shape index (κ2) is 5.47. The SMILES string of the molecule is Cn1c2ccccc2c2cccc(C3(C)C=Cc4ccccc4C=C3)c21. The van der Waals surface area contributed by atoms with E-state index >= 15 is 0 Å². The maximum Gasteiger partial charge on any atom is 0.0533 e. The van der Waals surface area contributed by atoms with Gasteiger partial charge in [-0.15, -0.1) is 0 Å². The zero-order chi connectivity index (χ0) is 17.7. The summed E-state index contributed by atoms with van der Waals surface area (Å²) in [6.07, 6.45) is 9.19. The van der Waals surface area contributed by atoms with Gasteiger partial charge in [-0.25, -0.2) is 0 Å². The maximum absolute atomic E-state index is 2.34. The van der Waals surface area contributed by atoms with E-state index in [1.54, 1.807) is 0 Å². The number of nitrogens with zero attached hydrogens (tertiary/aromatic N) is 1. The number of allylic oxidation sites excluding steroid dienone is 2. The zero-order valence-corrected chi connectivity index (χ0v) is 15.1. The minimum atomic E-state index is -0.152. The molecule has 0 radical (unpaired) electrons. The van der Waals surface area contributed by atoms with Gasteiger partial charge < -0.3 is 4.57 Å². The molecule has 5 rings (SSSR count). The molecule has 126 valence electrons. The Balaban J connectivity index is 1.80. The van der Waals surface area contributed by atoms with Crippen molar-refractivity contribution in [3.05, 3.63) is 95.6 Å². The quantitative estimate of drug-likeness (QED) is 0.383. The average molecular weight is 335 g/mol. The summed E-state index contributed by atoms with van der Waals surface area (Å²) in [7, 11) is 2.18. The lowest BCUT2D eigenvalue weighted by Crippen LogP contribution is -2.16. The average Bonchev–Trinajstić information content (AvgIpc) is 2.86. The number of hydrogen-bond acceptors (Lipinski definition) is 0. The van der Waals surface area contributed by atoms with E-state index in [9.17, 15) is 0 Å². The number of aryl methyl sites for hydroxylation is 1. The van der Waals surface area contributed by atoms with Crippen LogP contribution in [0.5, 0.6) is 0 Å². The van der Waals surface area contributed by atoms with Gasteiger partial charge in [0.15, 0.2) is 0 Å². The summed E-state index contributed by atoms with van der Waals surface area (Å²) in [6.45, 7) is 2.30. The molecule has 0 bridgehead atoms. The molecular weight excluding hydrogens is 314 g/mol. The van der Waals surface area contributed by atoms with Crippen LogP contribution >= 0.6 is 0 Å². The van der Waals surface area contributed by atoms with Gasteiger partial charge in [0, 0.05) is 28.8 Å². The predicted molar refractivity (Wildman–Crippen MR) is 112 cm³/mol. The van der Waals surface area contributed by atoms with E-state index in [0.717, 1.165) is 0 Å². The maximum atomic E-state index is 2.34. The lowest BCUT2D eigenvalue weighted by Gasteiger charge is -2.24. The third-order valence-corrected chi connectivity index (χ3v) is 5.72. The molecule has 1 nitrogen and oxygen atoms in total. The molecule has 0 N–H and O–H groups in total. The van der Waals surface area contributed by atoms with Gasteiger partial charge in [0.05, 0.1) is 5.52 Å². The van der Waals surface area contributed by atoms with Gasteiger partial charge in [0.25, 0.3) is 0 Å². The third-order valence-electron chi connectivity index (χ3n) is 5.72. The van der Waals surface area contributed by atoms with Gasteiger partial charge in [-0.05, 0) is 29.7 Å². The molecule has 1 heterocycles. The van der Waals surface area contributed by atoms with E-state index in [0.29, 0.717) is 0 Å². The van der Waals surface area contributed by atoms with Crippen LogP contribution in [0.25, 0.3) is 34.0 Å². The van der Waals surface area contributed by atoms with Crippen molar-refractivity contribution < 1.29 is 0 Å². The van der Waals surface area contributed by atoms with Crippen LogP contribution in [0.2, 0.25) is 0 Å². The highest BCUT2D eigenvalue weighted by atomic mass is 14.9. The molecule has 3 aromatic carbocycles. The molecular formula is C25H21N. The highest BCUT2D eigenvalue weighted by Crippen LogP contribution is 2.39. The summed E-state index contributed by atoms with van der Waals surface area (Å²) >= 11 is 0. The number of para-hydroxylation sites is 2. The Hall–Kier alpha value is -3.06. The smallest absolute Gasteiger partial charge is 0.0533 e. The molecule has 0 spiro atoms. The Labute approximate surface area is 153 Å². The third kappa shape index (κ3) is 2.10. The molecule has 0 saturated heterocycles. The van der Waals surface area contributed by atoms with Gasteiger partial charge in [0.2, 0.25) is 0 Å². The fourth-order valence-electron chi connectivity index (χ4n) is 4.25. The van der Waals surface area contributed by atoms with Gasteiger partial charge in [-0.2, -0.15) is 0 Å². The van der Waals surface area contributed by atoms with Crippen LogP contribution in [0.15, 0.2) is 78.9 Å². The van der Waals surface area contributed by atoms with Crippen LogP contribution in [0.3, 0.4) is 0 Å². The van der Waals surface area contributed by atoms with E-state index in [4.69, 9.17) is 0 Å². The molecule has 0 atom stereocenters. The fraction of sp³-hybridized carbons (Fsp3) is 0.120. The van der Waals surface area contributed by atoms with E-state index < -0.39 is 0 Å². The number of benzene rings is 3. The van der Waals surface area contributed by atoms with Crippen molar-refractivity contribution in [2.24, 2.45) is 7.05 Å². The van der Waals surface area contributed by atoms with Crippen LogP contribution < -0.4 is 0 Å². The summed E-state index contributed by atoms with van der Waals surface area (Å²) in [5.41, 5.74) is 6.34. The van der Waals surface area contributed by atoms with Gasteiger partial charge in [0.1, 0.15) is 0 Å². The minimum Gasteiger partial charge on any atom is -0.343 e. The van der Waals surface area contributed by atoms with Gasteiger partial charge >= 0.3 is 0 Å². The molecule has 0 saturated carbocycles. The van der Waals surface area contributed by atoms with Crippen molar-refractivity contribution in [1.29, 1.82) is 0 Å². The number of rotatable bonds is 1. The van der Waals surface area contributed by atoms with E-state index in [-0.39, 0.29) is 5.41 Å². The van der Waals surface area contributed by atoms with E-state index in [1.807, 2.05) is 0 Å². The molecule has 0 aliphatic heterocycles. The van der Waals surface area contributed by atoms with Crippen molar-refractivity contribution in [3.8, 4) is 0 Å². The molecule has 1 aromatic heterocycles. The van der Waals surface area contributed by atoms with Crippen molar-refractivity contribution in [1.82, 2.24) is 4.57 Å². The van der Waals surface area contributed by atoms with Crippen molar-refractivity contribution in [3.63, 3.8) is 0 Å². The number of fused-ring (bicyclic) bond motifs is 4. The molecule has 1 heteroatoms. The second-order valence-corrected chi connectivity index (χ2v) is 7.36. The Kier molecular flexibility index (Phi) is 3.20. The predicted octanol–water partition coefficient (Wildman–Crippen LogP) is 6.33. The molecule has 1 aliphatic carbocycles. The molecule has 0 amide bonds. The summed E-state index contributed by atoms with van der Waals surface area (Å²) < 4.78 is 2.34. The standard InChI is InChI=1S/C25H21N/c1-25(16-14-18-8-3-4-9-19(18)15-17-25)22-12-7-11-21-20-10-5-6-13-23(20)26(2)24(21)22/h3-17H,1-2H3. The first-order valence-corrected chi connectivity index (χ1v) is 9.11. The Morgan fingerprint density at radius 1 is 0.692 bits per heavy atom.